The Bertz CT molecular complexity index is 266. The van der Waals surface area contributed by atoms with Crippen molar-refractivity contribution in [2.45, 2.75) is 58.0 Å². The largest absolute Gasteiger partial charge is 0.329 e. The minimum absolute atomic E-state index is 0.201. The van der Waals surface area contributed by atoms with Crippen LogP contribution in [0.15, 0.2) is 0 Å². The van der Waals surface area contributed by atoms with Crippen molar-refractivity contribution in [3.05, 3.63) is 0 Å². The molecule has 2 heterocycles. The number of nitrogens with zero attached hydrogens (tertiary/aromatic N) is 2. The zero-order valence-electron chi connectivity index (χ0n) is 12.5. The normalized spacial score (nSPS) is 30.2. The molecule has 0 aromatic heterocycles. The SMILES string of the molecule is CC(C)CC(C)(CN)N1CCCN2CCCC2C1. The Balaban J connectivity index is 2.05. The van der Waals surface area contributed by atoms with Gasteiger partial charge in [-0.1, -0.05) is 13.8 Å². The van der Waals surface area contributed by atoms with Crippen molar-refractivity contribution >= 4 is 0 Å². The highest BCUT2D eigenvalue weighted by Gasteiger charge is 2.36. The van der Waals surface area contributed by atoms with Gasteiger partial charge in [-0.05, 0) is 51.6 Å². The molecule has 0 aromatic carbocycles. The molecule has 0 spiro atoms. The van der Waals surface area contributed by atoms with Crippen LogP contribution in [0.25, 0.3) is 0 Å². The molecular formula is C15H31N3. The van der Waals surface area contributed by atoms with Crippen molar-refractivity contribution in [2.75, 3.05) is 32.7 Å². The third-order valence-electron chi connectivity index (χ3n) is 4.85. The summed E-state index contributed by atoms with van der Waals surface area (Å²) in [5, 5.41) is 0. The van der Waals surface area contributed by atoms with Crippen molar-refractivity contribution in [1.82, 2.24) is 9.80 Å². The average molecular weight is 253 g/mol. The molecule has 0 amide bonds. The molecular weight excluding hydrogens is 222 g/mol. The summed E-state index contributed by atoms with van der Waals surface area (Å²) in [6.45, 7) is 12.9. The molecule has 2 unspecified atom stereocenters. The van der Waals surface area contributed by atoms with Crippen LogP contribution >= 0.6 is 0 Å². The molecule has 2 aliphatic rings. The molecule has 3 heteroatoms. The Labute approximate surface area is 113 Å². The summed E-state index contributed by atoms with van der Waals surface area (Å²) in [7, 11) is 0. The summed E-state index contributed by atoms with van der Waals surface area (Å²) < 4.78 is 0. The van der Waals surface area contributed by atoms with Crippen molar-refractivity contribution < 1.29 is 0 Å². The summed E-state index contributed by atoms with van der Waals surface area (Å²) in [6, 6.07) is 0.797. The van der Waals surface area contributed by atoms with Gasteiger partial charge in [-0.15, -0.1) is 0 Å². The maximum Gasteiger partial charge on any atom is 0.0306 e. The van der Waals surface area contributed by atoms with E-state index in [9.17, 15) is 0 Å². The Morgan fingerprint density at radius 2 is 1.94 bits per heavy atom. The van der Waals surface area contributed by atoms with Crippen LogP contribution in [0, 0.1) is 5.92 Å². The van der Waals surface area contributed by atoms with Crippen LogP contribution in [0.1, 0.15) is 46.5 Å². The highest BCUT2D eigenvalue weighted by Crippen LogP contribution is 2.29. The molecule has 2 rings (SSSR count). The van der Waals surface area contributed by atoms with Crippen LogP contribution in [-0.4, -0.2) is 54.1 Å². The Morgan fingerprint density at radius 3 is 2.61 bits per heavy atom. The smallest absolute Gasteiger partial charge is 0.0306 e. The zero-order chi connectivity index (χ0) is 13.2. The van der Waals surface area contributed by atoms with E-state index in [4.69, 9.17) is 5.73 Å². The van der Waals surface area contributed by atoms with Gasteiger partial charge in [0, 0.05) is 31.2 Å². The van der Waals surface area contributed by atoms with Gasteiger partial charge in [-0.25, -0.2) is 0 Å². The predicted octanol–water partition coefficient (Wildman–Crippen LogP) is 1.92. The van der Waals surface area contributed by atoms with Gasteiger partial charge < -0.3 is 5.73 Å². The summed E-state index contributed by atoms with van der Waals surface area (Å²) in [6.07, 6.45) is 5.31. The summed E-state index contributed by atoms with van der Waals surface area (Å²) in [5.74, 6) is 0.724. The molecule has 0 aliphatic carbocycles. The molecule has 2 fully saturated rings. The predicted molar refractivity (Wildman–Crippen MR) is 77.7 cm³/mol. The summed E-state index contributed by atoms with van der Waals surface area (Å²) in [4.78, 5) is 5.40. The van der Waals surface area contributed by atoms with Gasteiger partial charge in [0.15, 0.2) is 0 Å². The molecule has 0 aromatic rings. The lowest BCUT2D eigenvalue weighted by molar-refractivity contribution is 0.0804. The zero-order valence-corrected chi connectivity index (χ0v) is 12.5. The first-order valence-corrected chi connectivity index (χ1v) is 7.74. The molecule has 106 valence electrons. The first kappa shape index (κ1) is 14.3. The van der Waals surface area contributed by atoms with Crippen molar-refractivity contribution in [2.24, 2.45) is 11.7 Å². The summed E-state index contributed by atoms with van der Waals surface area (Å²) in [5.41, 5.74) is 6.32. The second kappa shape index (κ2) is 5.89. The van der Waals surface area contributed by atoms with Crippen LogP contribution in [0.5, 0.6) is 0 Å². The molecule has 2 aliphatic heterocycles. The van der Waals surface area contributed by atoms with Gasteiger partial charge >= 0.3 is 0 Å². The van der Waals surface area contributed by atoms with Crippen molar-refractivity contribution in [3.8, 4) is 0 Å². The second-order valence-corrected chi connectivity index (χ2v) is 6.93. The Kier molecular flexibility index (Phi) is 4.68. The van der Waals surface area contributed by atoms with Gasteiger partial charge in [0.2, 0.25) is 0 Å². The monoisotopic (exact) mass is 253 g/mol. The van der Waals surface area contributed by atoms with Crippen LogP contribution in [0.4, 0.5) is 0 Å². The third-order valence-corrected chi connectivity index (χ3v) is 4.85. The molecule has 18 heavy (non-hydrogen) atoms. The molecule has 0 bridgehead atoms. The van der Waals surface area contributed by atoms with Crippen LogP contribution in [0.2, 0.25) is 0 Å². The van der Waals surface area contributed by atoms with Gasteiger partial charge in [0.1, 0.15) is 0 Å². The summed E-state index contributed by atoms with van der Waals surface area (Å²) >= 11 is 0. The number of hydrogen-bond donors (Lipinski definition) is 1. The Hall–Kier alpha value is -0.120. The molecule has 0 saturated carbocycles. The molecule has 2 N–H and O–H groups in total. The topological polar surface area (TPSA) is 32.5 Å². The van der Waals surface area contributed by atoms with Crippen LogP contribution in [0.3, 0.4) is 0 Å². The fourth-order valence-corrected chi connectivity index (χ4v) is 3.92. The quantitative estimate of drug-likeness (QED) is 0.831. The van der Waals surface area contributed by atoms with Crippen LogP contribution < -0.4 is 5.73 Å². The molecule has 0 radical (unpaired) electrons. The molecule has 2 saturated heterocycles. The maximum absolute atomic E-state index is 6.12. The minimum Gasteiger partial charge on any atom is -0.329 e. The lowest BCUT2D eigenvalue weighted by Crippen LogP contribution is -2.54. The van der Waals surface area contributed by atoms with Gasteiger partial charge in [0.25, 0.3) is 0 Å². The van der Waals surface area contributed by atoms with E-state index in [1.807, 2.05) is 0 Å². The molecule has 2 atom stereocenters. The second-order valence-electron chi connectivity index (χ2n) is 6.93. The van der Waals surface area contributed by atoms with E-state index in [0.29, 0.717) is 0 Å². The number of nitrogens with two attached hydrogens (primary N) is 1. The highest BCUT2D eigenvalue weighted by atomic mass is 15.3. The maximum atomic E-state index is 6.12. The lowest BCUT2D eigenvalue weighted by atomic mass is 9.88. The number of fused-ring (bicyclic) bond motifs is 1. The van der Waals surface area contributed by atoms with Gasteiger partial charge in [0.05, 0.1) is 0 Å². The van der Waals surface area contributed by atoms with E-state index in [1.54, 1.807) is 0 Å². The first-order chi connectivity index (χ1) is 8.55. The standard InChI is InChI=1S/C15H31N3/c1-13(2)10-15(3,12-16)18-9-5-8-17-7-4-6-14(17)11-18/h13-14H,4-12,16H2,1-3H3. The van der Waals surface area contributed by atoms with Crippen LogP contribution in [-0.2, 0) is 0 Å². The van der Waals surface area contributed by atoms with Crippen molar-refractivity contribution in [3.63, 3.8) is 0 Å². The molecule has 3 nitrogen and oxygen atoms in total. The van der Waals surface area contributed by atoms with E-state index >= 15 is 0 Å². The average Bonchev–Trinajstić information content (AvgIpc) is 2.65. The van der Waals surface area contributed by atoms with Crippen molar-refractivity contribution in [1.29, 1.82) is 0 Å². The lowest BCUT2D eigenvalue weighted by Gasteiger charge is -2.42. The third kappa shape index (κ3) is 3.06. The van der Waals surface area contributed by atoms with Gasteiger partial charge in [-0.2, -0.15) is 0 Å². The van der Waals surface area contributed by atoms with E-state index < -0.39 is 0 Å². The Morgan fingerprint density at radius 1 is 1.22 bits per heavy atom. The van der Waals surface area contributed by atoms with E-state index in [-0.39, 0.29) is 5.54 Å². The fraction of sp³-hybridized carbons (Fsp3) is 1.00. The van der Waals surface area contributed by atoms with E-state index in [0.717, 1.165) is 18.5 Å². The first-order valence-electron chi connectivity index (χ1n) is 7.74. The van der Waals surface area contributed by atoms with E-state index in [1.165, 1.54) is 51.9 Å². The minimum atomic E-state index is 0.201. The highest BCUT2D eigenvalue weighted by molar-refractivity contribution is 4.94. The van der Waals surface area contributed by atoms with Gasteiger partial charge in [-0.3, -0.25) is 9.80 Å². The van der Waals surface area contributed by atoms with E-state index in [2.05, 4.69) is 30.6 Å². The number of hydrogen-bond acceptors (Lipinski definition) is 3. The number of rotatable bonds is 4. The fourth-order valence-electron chi connectivity index (χ4n) is 3.92.